The molecular weight excluding hydrogens is 190 g/mol. The highest BCUT2D eigenvalue weighted by atomic mass is 16.3. The van der Waals surface area contributed by atoms with Crippen LogP contribution in [-0.4, -0.2) is 47.0 Å². The predicted molar refractivity (Wildman–Crippen MR) is 59.6 cm³/mol. The largest absolute Gasteiger partial charge is 0.395 e. The van der Waals surface area contributed by atoms with Gasteiger partial charge in [-0.05, 0) is 31.6 Å². The Balaban J connectivity index is 1.81. The van der Waals surface area contributed by atoms with Gasteiger partial charge in [0.25, 0.3) is 0 Å². The summed E-state index contributed by atoms with van der Waals surface area (Å²) in [6.45, 7) is 2.03. The van der Waals surface area contributed by atoms with Crippen molar-refractivity contribution in [2.24, 2.45) is 5.92 Å². The molecular formula is C12H23NO2. The Hall–Kier alpha value is -0.120. The van der Waals surface area contributed by atoms with E-state index in [0.29, 0.717) is 12.0 Å². The number of aliphatic hydroxyl groups excluding tert-OH is 2. The lowest BCUT2D eigenvalue weighted by Crippen LogP contribution is -2.39. The van der Waals surface area contributed by atoms with E-state index in [1.165, 1.54) is 25.7 Å². The molecule has 0 bridgehead atoms. The Bertz CT molecular complexity index is 192. The van der Waals surface area contributed by atoms with E-state index in [1.54, 1.807) is 0 Å². The number of nitrogens with zero attached hydrogens (tertiary/aromatic N) is 1. The molecule has 0 aliphatic heterocycles. The monoisotopic (exact) mass is 213 g/mol. The van der Waals surface area contributed by atoms with Crippen LogP contribution in [0.15, 0.2) is 0 Å². The van der Waals surface area contributed by atoms with Crippen molar-refractivity contribution in [3.8, 4) is 0 Å². The second-order valence-electron chi connectivity index (χ2n) is 5.06. The highest BCUT2D eigenvalue weighted by Crippen LogP contribution is 2.31. The van der Waals surface area contributed by atoms with Crippen LogP contribution in [0.2, 0.25) is 0 Å². The van der Waals surface area contributed by atoms with Gasteiger partial charge in [0.05, 0.1) is 12.7 Å². The standard InChI is InChI=1S/C12H23NO2/c14-8-7-13(11-5-6-11)9-10-3-1-2-4-12(10)15/h10-12,14-15H,1-9H2. The quantitative estimate of drug-likeness (QED) is 0.716. The van der Waals surface area contributed by atoms with Gasteiger partial charge in [0.2, 0.25) is 0 Å². The van der Waals surface area contributed by atoms with Crippen LogP contribution in [0.3, 0.4) is 0 Å². The van der Waals surface area contributed by atoms with Crippen LogP contribution in [0.4, 0.5) is 0 Å². The minimum Gasteiger partial charge on any atom is -0.395 e. The lowest BCUT2D eigenvalue weighted by molar-refractivity contribution is 0.0407. The molecule has 0 spiro atoms. The molecule has 2 rings (SSSR count). The summed E-state index contributed by atoms with van der Waals surface area (Å²) in [5.41, 5.74) is 0. The van der Waals surface area contributed by atoms with Gasteiger partial charge in [-0.2, -0.15) is 0 Å². The first kappa shape index (κ1) is 11.4. The molecule has 88 valence electrons. The van der Waals surface area contributed by atoms with Gasteiger partial charge in [-0.3, -0.25) is 4.90 Å². The fourth-order valence-corrected chi connectivity index (χ4v) is 2.69. The first-order chi connectivity index (χ1) is 7.31. The average Bonchev–Trinajstić information content (AvgIpc) is 3.04. The minimum atomic E-state index is -0.0984. The molecule has 0 radical (unpaired) electrons. The molecule has 2 saturated carbocycles. The first-order valence-electron chi connectivity index (χ1n) is 6.34. The van der Waals surface area contributed by atoms with Gasteiger partial charge in [0.15, 0.2) is 0 Å². The summed E-state index contributed by atoms with van der Waals surface area (Å²) in [6.07, 6.45) is 7.04. The van der Waals surface area contributed by atoms with E-state index in [9.17, 15) is 5.11 Å². The summed E-state index contributed by atoms with van der Waals surface area (Å²) in [4.78, 5) is 2.37. The van der Waals surface area contributed by atoms with Gasteiger partial charge in [0, 0.05) is 19.1 Å². The van der Waals surface area contributed by atoms with Gasteiger partial charge in [-0.15, -0.1) is 0 Å². The van der Waals surface area contributed by atoms with Crippen LogP contribution >= 0.6 is 0 Å². The molecule has 0 heterocycles. The van der Waals surface area contributed by atoms with Crippen molar-refractivity contribution in [3.05, 3.63) is 0 Å². The summed E-state index contributed by atoms with van der Waals surface area (Å²) >= 11 is 0. The average molecular weight is 213 g/mol. The van der Waals surface area contributed by atoms with E-state index < -0.39 is 0 Å². The molecule has 2 aliphatic rings. The smallest absolute Gasteiger partial charge is 0.0580 e. The zero-order valence-electron chi connectivity index (χ0n) is 9.44. The fourth-order valence-electron chi connectivity index (χ4n) is 2.69. The van der Waals surface area contributed by atoms with Crippen molar-refractivity contribution in [1.29, 1.82) is 0 Å². The minimum absolute atomic E-state index is 0.0984. The third-order valence-corrected chi connectivity index (χ3v) is 3.79. The Morgan fingerprint density at radius 1 is 1.07 bits per heavy atom. The number of hydrogen-bond acceptors (Lipinski definition) is 3. The predicted octanol–water partition coefficient (Wildman–Crippen LogP) is 0.994. The van der Waals surface area contributed by atoms with E-state index in [4.69, 9.17) is 5.11 Å². The van der Waals surface area contributed by atoms with Gasteiger partial charge in [-0.25, -0.2) is 0 Å². The van der Waals surface area contributed by atoms with Gasteiger partial charge in [-0.1, -0.05) is 12.8 Å². The Labute approximate surface area is 92.1 Å². The van der Waals surface area contributed by atoms with Crippen molar-refractivity contribution in [2.45, 2.75) is 50.7 Å². The molecule has 2 fully saturated rings. The maximum atomic E-state index is 9.90. The molecule has 0 amide bonds. The van der Waals surface area contributed by atoms with Crippen LogP contribution in [0.5, 0.6) is 0 Å². The van der Waals surface area contributed by atoms with Crippen LogP contribution in [0, 0.1) is 5.92 Å². The maximum absolute atomic E-state index is 9.90. The summed E-state index contributed by atoms with van der Waals surface area (Å²) in [5, 5.41) is 18.9. The number of rotatable bonds is 5. The SMILES string of the molecule is OCCN(CC1CCCCC1O)C1CC1. The molecule has 15 heavy (non-hydrogen) atoms. The Kier molecular flexibility index (Phi) is 4.00. The van der Waals surface area contributed by atoms with Crippen molar-refractivity contribution in [1.82, 2.24) is 4.90 Å². The van der Waals surface area contributed by atoms with Gasteiger partial charge < -0.3 is 10.2 Å². The molecule has 2 N–H and O–H groups in total. The molecule has 0 aromatic rings. The third kappa shape index (κ3) is 3.16. The fraction of sp³-hybridized carbons (Fsp3) is 1.00. The lowest BCUT2D eigenvalue weighted by atomic mass is 9.86. The van der Waals surface area contributed by atoms with Crippen LogP contribution in [0.25, 0.3) is 0 Å². The topological polar surface area (TPSA) is 43.7 Å². The second kappa shape index (κ2) is 5.28. The molecule has 0 aromatic carbocycles. The van der Waals surface area contributed by atoms with Crippen molar-refractivity contribution in [3.63, 3.8) is 0 Å². The number of aliphatic hydroxyl groups is 2. The van der Waals surface area contributed by atoms with Crippen LogP contribution in [0.1, 0.15) is 38.5 Å². The lowest BCUT2D eigenvalue weighted by Gasteiger charge is -2.32. The van der Waals surface area contributed by atoms with Gasteiger partial charge >= 0.3 is 0 Å². The Morgan fingerprint density at radius 3 is 2.40 bits per heavy atom. The first-order valence-corrected chi connectivity index (χ1v) is 6.34. The molecule has 2 unspecified atom stereocenters. The van der Waals surface area contributed by atoms with E-state index in [-0.39, 0.29) is 12.7 Å². The zero-order chi connectivity index (χ0) is 10.7. The van der Waals surface area contributed by atoms with Gasteiger partial charge in [0.1, 0.15) is 0 Å². The van der Waals surface area contributed by atoms with Crippen molar-refractivity contribution >= 4 is 0 Å². The van der Waals surface area contributed by atoms with E-state index in [2.05, 4.69) is 4.90 Å². The molecule has 0 saturated heterocycles. The number of hydrogen-bond donors (Lipinski definition) is 2. The van der Waals surface area contributed by atoms with Crippen LogP contribution in [-0.2, 0) is 0 Å². The maximum Gasteiger partial charge on any atom is 0.0580 e. The zero-order valence-corrected chi connectivity index (χ0v) is 9.44. The molecule has 3 nitrogen and oxygen atoms in total. The summed E-state index contributed by atoms with van der Waals surface area (Å²) < 4.78 is 0. The Morgan fingerprint density at radius 2 is 1.80 bits per heavy atom. The second-order valence-corrected chi connectivity index (χ2v) is 5.06. The van der Waals surface area contributed by atoms with E-state index in [1.807, 2.05) is 0 Å². The van der Waals surface area contributed by atoms with E-state index in [0.717, 1.165) is 25.9 Å². The van der Waals surface area contributed by atoms with E-state index >= 15 is 0 Å². The highest BCUT2D eigenvalue weighted by molar-refractivity contribution is 4.87. The highest BCUT2D eigenvalue weighted by Gasteiger charge is 2.32. The molecule has 2 atom stereocenters. The molecule has 2 aliphatic carbocycles. The van der Waals surface area contributed by atoms with Crippen LogP contribution < -0.4 is 0 Å². The summed E-state index contributed by atoms with van der Waals surface area (Å²) in [7, 11) is 0. The summed E-state index contributed by atoms with van der Waals surface area (Å²) in [6, 6.07) is 0.700. The summed E-state index contributed by atoms with van der Waals surface area (Å²) in [5.74, 6) is 0.450. The third-order valence-electron chi connectivity index (χ3n) is 3.79. The normalized spacial score (nSPS) is 32.2. The molecule has 3 heteroatoms. The van der Waals surface area contributed by atoms with Crippen molar-refractivity contribution < 1.29 is 10.2 Å². The van der Waals surface area contributed by atoms with Crippen molar-refractivity contribution in [2.75, 3.05) is 19.7 Å². The molecule has 0 aromatic heterocycles.